The minimum Gasteiger partial charge on any atom is -0.497 e. The number of benzene rings is 3. The molecule has 0 radical (unpaired) electrons. The van der Waals surface area contributed by atoms with Crippen molar-refractivity contribution in [3.8, 4) is 11.5 Å². The van der Waals surface area contributed by atoms with Crippen LogP contribution >= 0.6 is 0 Å². The highest BCUT2D eigenvalue weighted by atomic mass is 16.5. The molecule has 2 atom stereocenters. The summed E-state index contributed by atoms with van der Waals surface area (Å²) in [5, 5.41) is 0. The molecule has 0 fully saturated rings. The molecule has 1 aliphatic rings. The zero-order valence-corrected chi connectivity index (χ0v) is 18.6. The van der Waals surface area contributed by atoms with Gasteiger partial charge in [-0.15, -0.1) is 0 Å². The van der Waals surface area contributed by atoms with E-state index in [9.17, 15) is 9.59 Å². The van der Waals surface area contributed by atoms with Crippen molar-refractivity contribution in [1.29, 1.82) is 0 Å². The lowest BCUT2D eigenvalue weighted by Crippen LogP contribution is -2.47. The molecule has 1 aliphatic heterocycles. The van der Waals surface area contributed by atoms with E-state index in [4.69, 9.17) is 9.47 Å². The Morgan fingerprint density at radius 1 is 0.844 bits per heavy atom. The number of fused-ring (bicyclic) bond motifs is 1. The number of amides is 2. The molecule has 3 aromatic rings. The van der Waals surface area contributed by atoms with Crippen molar-refractivity contribution in [2.24, 2.45) is 0 Å². The quantitative estimate of drug-likeness (QED) is 0.606. The van der Waals surface area contributed by atoms with Gasteiger partial charge in [-0.25, -0.2) is 0 Å². The summed E-state index contributed by atoms with van der Waals surface area (Å²) in [6, 6.07) is 21.7. The molecular weight excluding hydrogens is 404 g/mol. The molecule has 0 spiro atoms. The second kappa shape index (κ2) is 8.75. The summed E-state index contributed by atoms with van der Waals surface area (Å²) < 4.78 is 10.6. The van der Waals surface area contributed by atoms with Gasteiger partial charge < -0.3 is 14.4 Å². The molecule has 0 saturated carbocycles. The summed E-state index contributed by atoms with van der Waals surface area (Å²) in [4.78, 5) is 30.6. The van der Waals surface area contributed by atoms with Gasteiger partial charge in [0.2, 0.25) is 5.91 Å². The van der Waals surface area contributed by atoms with Gasteiger partial charge in [0.05, 0.1) is 26.2 Å². The molecule has 0 N–H and O–H groups in total. The summed E-state index contributed by atoms with van der Waals surface area (Å²) in [5.41, 5.74) is 2.82. The summed E-state index contributed by atoms with van der Waals surface area (Å²) in [5.74, 6) is 0.636. The molecule has 3 aromatic carbocycles. The van der Waals surface area contributed by atoms with Gasteiger partial charge in [-0.3, -0.25) is 14.5 Å². The van der Waals surface area contributed by atoms with Gasteiger partial charge in [0.25, 0.3) is 5.91 Å². The van der Waals surface area contributed by atoms with Crippen LogP contribution in [0.1, 0.15) is 33.4 Å². The fourth-order valence-corrected chi connectivity index (χ4v) is 4.25. The Morgan fingerprint density at radius 3 is 1.97 bits per heavy atom. The molecule has 0 saturated heterocycles. The Labute approximate surface area is 188 Å². The Hall–Kier alpha value is -3.80. The number of rotatable bonds is 5. The number of likely N-dealkylation sites (N-methyl/N-ethyl adjacent to an activating group) is 1. The smallest absolute Gasteiger partial charge is 0.259 e. The molecule has 6 nitrogen and oxygen atoms in total. The van der Waals surface area contributed by atoms with E-state index in [-0.39, 0.29) is 11.8 Å². The van der Waals surface area contributed by atoms with Crippen LogP contribution in [0.15, 0.2) is 72.8 Å². The predicted molar refractivity (Wildman–Crippen MR) is 123 cm³/mol. The summed E-state index contributed by atoms with van der Waals surface area (Å²) >= 11 is 0. The topological polar surface area (TPSA) is 59.1 Å². The summed E-state index contributed by atoms with van der Waals surface area (Å²) in [7, 11) is 6.69. The largest absolute Gasteiger partial charge is 0.497 e. The molecule has 32 heavy (non-hydrogen) atoms. The number of carbonyl (C=O) groups excluding carboxylic acids is 2. The zero-order valence-electron chi connectivity index (χ0n) is 18.6. The Kier molecular flexibility index (Phi) is 5.86. The fourth-order valence-electron chi connectivity index (χ4n) is 4.25. The molecule has 0 bridgehead atoms. The highest BCUT2D eigenvalue weighted by molar-refractivity contribution is 6.11. The first-order chi connectivity index (χ1) is 15.5. The molecule has 1 heterocycles. The zero-order chi connectivity index (χ0) is 22.8. The number of ether oxygens (including phenoxy) is 2. The van der Waals surface area contributed by atoms with Gasteiger partial charge in [0.15, 0.2) is 0 Å². The maximum atomic E-state index is 13.8. The van der Waals surface area contributed by atoms with Gasteiger partial charge in [0, 0.05) is 25.3 Å². The average molecular weight is 431 g/mol. The SMILES string of the molecule is COc1ccc(C2C(C(=O)N(C)C)c3ccccc3C(=O)N2c2ccc(OC)cc2)cc1. The lowest BCUT2D eigenvalue weighted by Gasteiger charge is -2.42. The van der Waals surface area contributed by atoms with Crippen LogP contribution in [0.4, 0.5) is 5.69 Å². The standard InChI is InChI=1S/C26H26N2O4/c1-27(2)26(30)23-21-7-5-6-8-22(21)25(29)28(18-11-15-20(32-4)16-12-18)24(23)17-9-13-19(31-3)14-10-17/h5-16,23-24H,1-4H3. The van der Waals surface area contributed by atoms with Crippen LogP contribution in [-0.4, -0.2) is 45.0 Å². The van der Waals surface area contributed by atoms with E-state index < -0.39 is 12.0 Å². The molecule has 0 aliphatic carbocycles. The molecular formula is C26H26N2O4. The number of hydrogen-bond acceptors (Lipinski definition) is 4. The number of anilines is 1. The van der Waals surface area contributed by atoms with Crippen LogP contribution in [0.2, 0.25) is 0 Å². The average Bonchev–Trinajstić information content (AvgIpc) is 2.83. The first-order valence-corrected chi connectivity index (χ1v) is 10.4. The third-order valence-electron chi connectivity index (χ3n) is 5.85. The van der Waals surface area contributed by atoms with Gasteiger partial charge in [-0.2, -0.15) is 0 Å². The lowest BCUT2D eigenvalue weighted by atomic mass is 9.78. The van der Waals surface area contributed by atoms with Crippen molar-refractivity contribution in [1.82, 2.24) is 4.90 Å². The number of carbonyl (C=O) groups is 2. The van der Waals surface area contributed by atoms with Crippen molar-refractivity contribution < 1.29 is 19.1 Å². The van der Waals surface area contributed by atoms with E-state index in [1.165, 1.54) is 0 Å². The van der Waals surface area contributed by atoms with Crippen molar-refractivity contribution >= 4 is 17.5 Å². The first kappa shape index (κ1) is 21.4. The lowest BCUT2D eigenvalue weighted by molar-refractivity contribution is -0.130. The molecule has 0 aromatic heterocycles. The van der Waals surface area contributed by atoms with E-state index in [2.05, 4.69) is 0 Å². The summed E-state index contributed by atoms with van der Waals surface area (Å²) in [6.07, 6.45) is 0. The monoisotopic (exact) mass is 430 g/mol. The summed E-state index contributed by atoms with van der Waals surface area (Å²) in [6.45, 7) is 0. The van der Waals surface area contributed by atoms with Crippen LogP contribution in [-0.2, 0) is 4.79 Å². The van der Waals surface area contributed by atoms with Gasteiger partial charge in [-0.05, 0) is 53.6 Å². The molecule has 4 rings (SSSR count). The van der Waals surface area contributed by atoms with Crippen molar-refractivity contribution in [3.05, 3.63) is 89.5 Å². The van der Waals surface area contributed by atoms with Crippen molar-refractivity contribution in [2.75, 3.05) is 33.2 Å². The predicted octanol–water partition coefficient (Wildman–Crippen LogP) is 4.28. The first-order valence-electron chi connectivity index (χ1n) is 10.4. The van der Waals surface area contributed by atoms with E-state index in [1.807, 2.05) is 66.7 Å². The third kappa shape index (κ3) is 3.68. The second-order valence-corrected chi connectivity index (χ2v) is 7.89. The molecule has 2 amide bonds. The van der Waals surface area contributed by atoms with Gasteiger partial charge in [-0.1, -0.05) is 30.3 Å². The number of methoxy groups -OCH3 is 2. The van der Waals surface area contributed by atoms with Crippen LogP contribution in [0.3, 0.4) is 0 Å². The Bertz CT molecular complexity index is 1120. The minimum absolute atomic E-state index is 0.0655. The van der Waals surface area contributed by atoms with E-state index in [0.29, 0.717) is 22.7 Å². The Morgan fingerprint density at radius 2 is 1.41 bits per heavy atom. The van der Waals surface area contributed by atoms with E-state index >= 15 is 0 Å². The Balaban J connectivity index is 1.95. The maximum absolute atomic E-state index is 13.8. The molecule has 164 valence electrons. The van der Waals surface area contributed by atoms with Crippen LogP contribution in [0.5, 0.6) is 11.5 Å². The second-order valence-electron chi connectivity index (χ2n) is 7.89. The van der Waals surface area contributed by atoms with Crippen molar-refractivity contribution in [3.63, 3.8) is 0 Å². The normalized spacial score (nSPS) is 17.5. The van der Waals surface area contributed by atoms with Crippen LogP contribution < -0.4 is 14.4 Å². The van der Waals surface area contributed by atoms with Crippen LogP contribution in [0, 0.1) is 0 Å². The van der Waals surface area contributed by atoms with Gasteiger partial charge >= 0.3 is 0 Å². The highest BCUT2D eigenvalue weighted by Gasteiger charge is 2.45. The molecule has 2 unspecified atom stereocenters. The van der Waals surface area contributed by atoms with E-state index in [0.717, 1.165) is 11.1 Å². The highest BCUT2D eigenvalue weighted by Crippen LogP contribution is 2.46. The van der Waals surface area contributed by atoms with Crippen molar-refractivity contribution in [2.45, 2.75) is 12.0 Å². The van der Waals surface area contributed by atoms with E-state index in [1.54, 1.807) is 44.2 Å². The van der Waals surface area contributed by atoms with Gasteiger partial charge in [0.1, 0.15) is 11.5 Å². The third-order valence-corrected chi connectivity index (χ3v) is 5.85. The minimum atomic E-state index is -0.561. The maximum Gasteiger partial charge on any atom is 0.259 e. The number of nitrogens with zero attached hydrogens (tertiary/aromatic N) is 2. The van der Waals surface area contributed by atoms with Crippen LogP contribution in [0.25, 0.3) is 0 Å². The molecule has 6 heteroatoms. The fraction of sp³-hybridized carbons (Fsp3) is 0.231. The number of hydrogen-bond donors (Lipinski definition) is 0.